The van der Waals surface area contributed by atoms with Crippen LogP contribution in [-0.4, -0.2) is 34.3 Å². The highest BCUT2D eigenvalue weighted by molar-refractivity contribution is 5.16. The second kappa shape index (κ2) is 4.33. The Kier molecular flexibility index (Phi) is 3.07. The van der Waals surface area contributed by atoms with Gasteiger partial charge in [-0.3, -0.25) is 4.68 Å². The third-order valence-corrected chi connectivity index (χ3v) is 3.34. The van der Waals surface area contributed by atoms with E-state index in [4.69, 9.17) is 5.73 Å². The largest absolute Gasteiger partial charge is 0.325 e. The molecule has 0 aromatic carbocycles. The zero-order valence-corrected chi connectivity index (χ0v) is 9.61. The summed E-state index contributed by atoms with van der Waals surface area (Å²) in [5.41, 5.74) is 7.99. The van der Waals surface area contributed by atoms with Crippen LogP contribution in [-0.2, 0) is 13.6 Å². The van der Waals surface area contributed by atoms with Crippen molar-refractivity contribution in [3.05, 3.63) is 17.5 Å². The Labute approximate surface area is 91.1 Å². The molecule has 15 heavy (non-hydrogen) atoms. The number of nitrogens with zero attached hydrogens (tertiary/aromatic N) is 3. The van der Waals surface area contributed by atoms with Crippen LogP contribution in [0.2, 0.25) is 0 Å². The van der Waals surface area contributed by atoms with Crippen molar-refractivity contribution in [2.24, 2.45) is 12.8 Å². The van der Waals surface area contributed by atoms with Gasteiger partial charge in [-0.1, -0.05) is 6.92 Å². The van der Waals surface area contributed by atoms with E-state index in [9.17, 15) is 0 Å². The molecule has 1 fully saturated rings. The van der Waals surface area contributed by atoms with Gasteiger partial charge in [-0.25, -0.2) is 0 Å². The van der Waals surface area contributed by atoms with Gasteiger partial charge in [0.1, 0.15) is 0 Å². The normalized spacial score (nSPS) is 22.5. The van der Waals surface area contributed by atoms with Crippen molar-refractivity contribution < 1.29 is 0 Å². The predicted octanol–water partition coefficient (Wildman–Crippen LogP) is 0.688. The van der Waals surface area contributed by atoms with E-state index in [1.807, 2.05) is 11.7 Å². The zero-order chi connectivity index (χ0) is 10.8. The second-order valence-corrected chi connectivity index (χ2v) is 4.27. The van der Waals surface area contributed by atoms with E-state index in [1.54, 1.807) is 0 Å². The van der Waals surface area contributed by atoms with Crippen LogP contribution in [0.15, 0.2) is 6.07 Å². The summed E-state index contributed by atoms with van der Waals surface area (Å²) in [6.07, 6.45) is 1.23. The SMILES string of the molecule is CCN1CCC(c2cc(CN)n(C)n2)C1. The molecule has 1 aliphatic rings. The highest BCUT2D eigenvalue weighted by atomic mass is 15.3. The van der Waals surface area contributed by atoms with E-state index < -0.39 is 0 Å². The molecule has 0 radical (unpaired) electrons. The van der Waals surface area contributed by atoms with E-state index in [0.717, 1.165) is 18.8 Å². The highest BCUT2D eigenvalue weighted by Crippen LogP contribution is 2.26. The summed E-state index contributed by atoms with van der Waals surface area (Å²) in [6, 6.07) is 2.16. The standard InChI is InChI=1S/C11H20N4/c1-3-15-5-4-9(8-15)11-6-10(7-12)14(2)13-11/h6,9H,3-5,7-8,12H2,1-2H3. The van der Waals surface area contributed by atoms with Gasteiger partial charge in [-0.15, -0.1) is 0 Å². The number of aryl methyl sites for hydroxylation is 1. The molecule has 1 aromatic rings. The van der Waals surface area contributed by atoms with Crippen LogP contribution < -0.4 is 5.73 Å². The van der Waals surface area contributed by atoms with Crippen LogP contribution in [0.1, 0.15) is 30.7 Å². The van der Waals surface area contributed by atoms with Gasteiger partial charge in [-0.05, 0) is 25.6 Å². The first-order chi connectivity index (χ1) is 7.24. The minimum atomic E-state index is 0.577. The van der Waals surface area contributed by atoms with E-state index in [0.29, 0.717) is 12.5 Å². The molecule has 0 aliphatic carbocycles. The molecule has 1 unspecified atom stereocenters. The fraction of sp³-hybridized carbons (Fsp3) is 0.727. The zero-order valence-electron chi connectivity index (χ0n) is 9.61. The van der Waals surface area contributed by atoms with Crippen molar-refractivity contribution in [1.29, 1.82) is 0 Å². The van der Waals surface area contributed by atoms with Crippen molar-refractivity contribution in [2.45, 2.75) is 25.8 Å². The van der Waals surface area contributed by atoms with Crippen LogP contribution in [0, 0.1) is 0 Å². The molecule has 1 aromatic heterocycles. The fourth-order valence-electron chi connectivity index (χ4n) is 2.28. The van der Waals surface area contributed by atoms with Crippen LogP contribution >= 0.6 is 0 Å². The lowest BCUT2D eigenvalue weighted by atomic mass is 10.1. The summed E-state index contributed by atoms with van der Waals surface area (Å²) < 4.78 is 1.91. The minimum absolute atomic E-state index is 0.577. The fourth-order valence-corrected chi connectivity index (χ4v) is 2.28. The molecule has 84 valence electrons. The third kappa shape index (κ3) is 2.06. The van der Waals surface area contributed by atoms with Gasteiger partial charge >= 0.3 is 0 Å². The molecule has 4 nitrogen and oxygen atoms in total. The topological polar surface area (TPSA) is 47.1 Å². The lowest BCUT2D eigenvalue weighted by Crippen LogP contribution is -2.19. The minimum Gasteiger partial charge on any atom is -0.325 e. The average molecular weight is 208 g/mol. The maximum atomic E-state index is 5.64. The number of hydrogen-bond acceptors (Lipinski definition) is 3. The summed E-state index contributed by atoms with van der Waals surface area (Å²) in [7, 11) is 1.97. The molecule has 1 atom stereocenters. The van der Waals surface area contributed by atoms with Gasteiger partial charge < -0.3 is 10.6 Å². The van der Waals surface area contributed by atoms with E-state index in [-0.39, 0.29) is 0 Å². The molecular weight excluding hydrogens is 188 g/mol. The number of likely N-dealkylation sites (tertiary alicyclic amines) is 1. The van der Waals surface area contributed by atoms with Crippen molar-refractivity contribution in [1.82, 2.24) is 14.7 Å². The summed E-state index contributed by atoms with van der Waals surface area (Å²) >= 11 is 0. The molecule has 1 aliphatic heterocycles. The van der Waals surface area contributed by atoms with Gasteiger partial charge in [0.05, 0.1) is 11.4 Å². The van der Waals surface area contributed by atoms with Gasteiger partial charge in [0.15, 0.2) is 0 Å². The molecule has 2 heterocycles. The Bertz CT molecular complexity index is 331. The van der Waals surface area contributed by atoms with Gasteiger partial charge in [0, 0.05) is 26.1 Å². The van der Waals surface area contributed by atoms with E-state index >= 15 is 0 Å². The summed E-state index contributed by atoms with van der Waals surface area (Å²) in [5.74, 6) is 0.608. The number of hydrogen-bond donors (Lipinski definition) is 1. The van der Waals surface area contributed by atoms with Crippen LogP contribution in [0.3, 0.4) is 0 Å². The maximum Gasteiger partial charge on any atom is 0.0672 e. The Morgan fingerprint density at radius 3 is 2.93 bits per heavy atom. The quantitative estimate of drug-likeness (QED) is 0.795. The monoisotopic (exact) mass is 208 g/mol. The van der Waals surface area contributed by atoms with Crippen molar-refractivity contribution in [3.8, 4) is 0 Å². The van der Waals surface area contributed by atoms with Crippen LogP contribution in [0.5, 0.6) is 0 Å². The first-order valence-electron chi connectivity index (χ1n) is 5.69. The number of rotatable bonds is 3. The summed E-state index contributed by atoms with van der Waals surface area (Å²) in [4.78, 5) is 2.47. The molecule has 0 saturated carbocycles. The van der Waals surface area contributed by atoms with Crippen molar-refractivity contribution in [3.63, 3.8) is 0 Å². The Balaban J connectivity index is 2.10. The summed E-state index contributed by atoms with van der Waals surface area (Å²) in [5, 5.41) is 4.54. The molecule has 0 amide bonds. The lowest BCUT2D eigenvalue weighted by molar-refractivity contribution is 0.353. The highest BCUT2D eigenvalue weighted by Gasteiger charge is 2.24. The maximum absolute atomic E-state index is 5.64. The number of likely N-dealkylation sites (N-methyl/N-ethyl adjacent to an activating group) is 1. The molecule has 0 bridgehead atoms. The molecule has 1 saturated heterocycles. The molecule has 4 heteroatoms. The Hall–Kier alpha value is -0.870. The number of aromatic nitrogens is 2. The Morgan fingerprint density at radius 2 is 2.40 bits per heavy atom. The average Bonchev–Trinajstić information content (AvgIpc) is 2.83. The van der Waals surface area contributed by atoms with Crippen molar-refractivity contribution >= 4 is 0 Å². The second-order valence-electron chi connectivity index (χ2n) is 4.27. The first kappa shape index (κ1) is 10.6. The van der Waals surface area contributed by atoms with Crippen molar-refractivity contribution in [2.75, 3.05) is 19.6 Å². The van der Waals surface area contributed by atoms with Gasteiger partial charge in [0.2, 0.25) is 0 Å². The van der Waals surface area contributed by atoms with E-state index in [1.165, 1.54) is 18.7 Å². The first-order valence-corrected chi connectivity index (χ1v) is 5.69. The number of nitrogens with two attached hydrogens (primary N) is 1. The van der Waals surface area contributed by atoms with Gasteiger partial charge in [-0.2, -0.15) is 5.10 Å². The molecular formula is C11H20N4. The van der Waals surface area contributed by atoms with Crippen LogP contribution in [0.25, 0.3) is 0 Å². The third-order valence-electron chi connectivity index (χ3n) is 3.34. The van der Waals surface area contributed by atoms with E-state index in [2.05, 4.69) is 23.0 Å². The molecule has 2 N–H and O–H groups in total. The molecule has 0 spiro atoms. The predicted molar refractivity (Wildman–Crippen MR) is 60.6 cm³/mol. The van der Waals surface area contributed by atoms with Gasteiger partial charge in [0.25, 0.3) is 0 Å². The molecule has 2 rings (SSSR count). The lowest BCUT2D eigenvalue weighted by Gasteiger charge is -2.11. The Morgan fingerprint density at radius 1 is 1.60 bits per heavy atom. The van der Waals surface area contributed by atoms with Crippen LogP contribution in [0.4, 0.5) is 0 Å². The smallest absolute Gasteiger partial charge is 0.0672 e. The summed E-state index contributed by atoms with van der Waals surface area (Å²) in [6.45, 7) is 6.29.